The van der Waals surface area contributed by atoms with Crippen molar-refractivity contribution in [2.24, 2.45) is 10.8 Å². The van der Waals surface area contributed by atoms with Crippen molar-refractivity contribution < 1.29 is 14.7 Å². The molecule has 3 N–H and O–H groups in total. The first-order valence-electron chi connectivity index (χ1n) is 6.58. The number of carbonyl (C=O) groups excluding carboxylic acids is 1. The van der Waals surface area contributed by atoms with Crippen LogP contribution in [0.5, 0.6) is 0 Å². The average molecular weight is 276 g/mol. The van der Waals surface area contributed by atoms with Gasteiger partial charge in [0.25, 0.3) is 0 Å². The molecule has 1 aliphatic carbocycles. The van der Waals surface area contributed by atoms with E-state index in [2.05, 4.69) is 38.3 Å². The molecule has 0 bridgehead atoms. The number of aromatic carboxylic acids is 1. The Kier molecular flexibility index (Phi) is 3.24. The van der Waals surface area contributed by atoms with Gasteiger partial charge in [-0.25, -0.2) is 9.59 Å². The van der Waals surface area contributed by atoms with Gasteiger partial charge in [0, 0.05) is 6.04 Å². The number of benzene rings is 1. The van der Waals surface area contributed by atoms with Crippen molar-refractivity contribution in [1.29, 1.82) is 0 Å². The molecule has 0 saturated heterocycles. The largest absolute Gasteiger partial charge is 0.478 e. The summed E-state index contributed by atoms with van der Waals surface area (Å²) in [5, 5.41) is 14.6. The van der Waals surface area contributed by atoms with Crippen LogP contribution in [-0.4, -0.2) is 23.1 Å². The fourth-order valence-corrected chi connectivity index (χ4v) is 2.63. The molecular formula is C15H20N2O3. The summed E-state index contributed by atoms with van der Waals surface area (Å²) in [5.41, 5.74) is 0.457. The second-order valence-electron chi connectivity index (χ2n) is 6.33. The summed E-state index contributed by atoms with van der Waals surface area (Å²) in [5.74, 6) is -1.06. The molecule has 1 fully saturated rings. The van der Waals surface area contributed by atoms with E-state index in [0.29, 0.717) is 5.69 Å². The minimum absolute atomic E-state index is 0.0383. The lowest BCUT2D eigenvalue weighted by atomic mass is 10.0. The Bertz CT molecular complexity index is 550. The number of urea groups is 1. The first-order valence-corrected chi connectivity index (χ1v) is 6.58. The van der Waals surface area contributed by atoms with Gasteiger partial charge in [0.15, 0.2) is 0 Å². The van der Waals surface area contributed by atoms with Crippen molar-refractivity contribution in [2.45, 2.75) is 33.7 Å². The zero-order chi connectivity index (χ0) is 15.1. The molecule has 0 spiro atoms. The van der Waals surface area contributed by atoms with E-state index >= 15 is 0 Å². The number of hydrogen-bond acceptors (Lipinski definition) is 2. The summed E-state index contributed by atoms with van der Waals surface area (Å²) in [6.45, 7) is 8.40. The van der Waals surface area contributed by atoms with Gasteiger partial charge >= 0.3 is 12.0 Å². The fraction of sp³-hybridized carbons (Fsp3) is 0.467. The number of anilines is 1. The number of amides is 2. The maximum atomic E-state index is 12.0. The summed E-state index contributed by atoms with van der Waals surface area (Å²) in [6, 6.07) is 6.05. The minimum atomic E-state index is -1.06. The molecule has 1 aromatic carbocycles. The van der Waals surface area contributed by atoms with Crippen molar-refractivity contribution >= 4 is 17.7 Å². The van der Waals surface area contributed by atoms with Crippen LogP contribution in [0.4, 0.5) is 10.5 Å². The SMILES string of the molecule is CC1(C)C(NC(=O)Nc2ccccc2C(=O)O)C1(C)C. The molecule has 2 rings (SSSR count). The lowest BCUT2D eigenvalue weighted by Gasteiger charge is -2.11. The molecule has 1 saturated carbocycles. The van der Waals surface area contributed by atoms with Crippen LogP contribution in [0.1, 0.15) is 38.1 Å². The predicted octanol–water partition coefficient (Wildman–Crippen LogP) is 2.94. The minimum Gasteiger partial charge on any atom is -0.478 e. The van der Waals surface area contributed by atoms with Gasteiger partial charge < -0.3 is 15.7 Å². The summed E-state index contributed by atoms with van der Waals surface area (Å²) in [4.78, 5) is 23.1. The Labute approximate surface area is 118 Å². The summed E-state index contributed by atoms with van der Waals surface area (Å²) >= 11 is 0. The van der Waals surface area contributed by atoms with Gasteiger partial charge in [-0.15, -0.1) is 0 Å². The highest BCUT2D eigenvalue weighted by atomic mass is 16.4. The molecular weight excluding hydrogens is 256 g/mol. The molecule has 1 aromatic rings. The van der Waals surface area contributed by atoms with Gasteiger partial charge in [-0.1, -0.05) is 39.8 Å². The van der Waals surface area contributed by atoms with E-state index in [9.17, 15) is 9.59 Å². The van der Waals surface area contributed by atoms with Crippen LogP contribution in [0.25, 0.3) is 0 Å². The first-order chi connectivity index (χ1) is 9.18. The number of carbonyl (C=O) groups is 2. The lowest BCUT2D eigenvalue weighted by molar-refractivity contribution is 0.0698. The third kappa shape index (κ3) is 2.24. The Morgan fingerprint density at radius 1 is 1.10 bits per heavy atom. The maximum absolute atomic E-state index is 12.0. The third-order valence-corrected chi connectivity index (χ3v) is 4.70. The summed E-state index contributed by atoms with van der Waals surface area (Å²) < 4.78 is 0. The molecule has 0 aliphatic heterocycles. The standard InChI is InChI=1S/C15H20N2O3/c1-14(2)12(15(14,3)4)17-13(20)16-10-8-6-5-7-9(10)11(18)19/h5-8,12H,1-4H3,(H,18,19)(H2,16,17,20). The van der Waals surface area contributed by atoms with Crippen LogP contribution >= 0.6 is 0 Å². The second-order valence-corrected chi connectivity index (χ2v) is 6.33. The second kappa shape index (κ2) is 4.51. The number of nitrogens with one attached hydrogen (secondary N) is 2. The Hall–Kier alpha value is -2.04. The van der Waals surface area contributed by atoms with E-state index in [4.69, 9.17) is 5.11 Å². The molecule has 0 radical (unpaired) electrons. The summed E-state index contributed by atoms with van der Waals surface area (Å²) in [6.07, 6.45) is 0. The average Bonchev–Trinajstić information content (AvgIpc) is 2.72. The van der Waals surface area contributed by atoms with Crippen LogP contribution < -0.4 is 10.6 Å². The molecule has 0 heterocycles. The molecule has 5 nitrogen and oxygen atoms in total. The maximum Gasteiger partial charge on any atom is 0.337 e. The molecule has 0 unspecified atom stereocenters. The van der Waals surface area contributed by atoms with E-state index < -0.39 is 5.97 Å². The highest BCUT2D eigenvalue weighted by molar-refractivity contribution is 6.00. The fourth-order valence-electron chi connectivity index (χ4n) is 2.63. The molecule has 20 heavy (non-hydrogen) atoms. The van der Waals surface area contributed by atoms with E-state index in [1.54, 1.807) is 18.2 Å². The van der Waals surface area contributed by atoms with Crippen molar-refractivity contribution in [3.05, 3.63) is 29.8 Å². The molecule has 1 aliphatic rings. The number of rotatable bonds is 3. The van der Waals surface area contributed by atoms with Gasteiger partial charge in [0.2, 0.25) is 0 Å². The monoisotopic (exact) mass is 276 g/mol. The van der Waals surface area contributed by atoms with E-state index in [1.807, 2.05) is 0 Å². The number of carboxylic acids is 1. The predicted molar refractivity (Wildman–Crippen MR) is 76.9 cm³/mol. The van der Waals surface area contributed by atoms with E-state index in [1.165, 1.54) is 6.07 Å². The Morgan fingerprint density at radius 2 is 1.65 bits per heavy atom. The zero-order valence-corrected chi connectivity index (χ0v) is 12.2. The van der Waals surface area contributed by atoms with Crippen LogP contribution in [0.3, 0.4) is 0 Å². The summed E-state index contributed by atoms with van der Waals surface area (Å²) in [7, 11) is 0. The molecule has 108 valence electrons. The topological polar surface area (TPSA) is 78.4 Å². The number of carboxylic acid groups (broad SMARTS) is 1. The molecule has 0 aromatic heterocycles. The van der Waals surface area contributed by atoms with Crippen molar-refractivity contribution in [1.82, 2.24) is 5.32 Å². The van der Waals surface area contributed by atoms with Gasteiger partial charge in [0.05, 0.1) is 11.3 Å². The smallest absolute Gasteiger partial charge is 0.337 e. The van der Waals surface area contributed by atoms with Crippen molar-refractivity contribution in [3.63, 3.8) is 0 Å². The highest BCUT2D eigenvalue weighted by Gasteiger charge is 2.65. The van der Waals surface area contributed by atoms with Gasteiger partial charge in [-0.2, -0.15) is 0 Å². The Morgan fingerprint density at radius 3 is 2.15 bits per heavy atom. The van der Waals surface area contributed by atoms with Crippen LogP contribution in [0.2, 0.25) is 0 Å². The Balaban J connectivity index is 2.05. The quantitative estimate of drug-likeness (QED) is 0.794. The number of hydrogen-bond donors (Lipinski definition) is 3. The van der Waals surface area contributed by atoms with E-state index in [-0.39, 0.29) is 28.5 Å². The molecule has 0 atom stereocenters. The lowest BCUT2D eigenvalue weighted by Crippen LogP contribution is -2.34. The highest BCUT2D eigenvalue weighted by Crippen LogP contribution is 2.62. The van der Waals surface area contributed by atoms with Gasteiger partial charge in [-0.05, 0) is 23.0 Å². The molecule has 5 heteroatoms. The van der Waals surface area contributed by atoms with Crippen LogP contribution in [0, 0.1) is 10.8 Å². The normalized spacial score (nSPS) is 19.2. The number of para-hydroxylation sites is 1. The first kappa shape index (κ1) is 14.4. The van der Waals surface area contributed by atoms with E-state index in [0.717, 1.165) is 0 Å². The van der Waals surface area contributed by atoms with Crippen molar-refractivity contribution in [2.75, 3.05) is 5.32 Å². The van der Waals surface area contributed by atoms with Gasteiger partial charge in [-0.3, -0.25) is 0 Å². The van der Waals surface area contributed by atoms with Crippen LogP contribution in [0.15, 0.2) is 24.3 Å². The third-order valence-electron chi connectivity index (χ3n) is 4.70. The van der Waals surface area contributed by atoms with Crippen molar-refractivity contribution in [3.8, 4) is 0 Å². The van der Waals surface area contributed by atoms with Gasteiger partial charge in [0.1, 0.15) is 0 Å². The van der Waals surface area contributed by atoms with Crippen LogP contribution in [-0.2, 0) is 0 Å². The zero-order valence-electron chi connectivity index (χ0n) is 12.2. The molecule has 2 amide bonds.